The van der Waals surface area contributed by atoms with E-state index in [1.807, 2.05) is 18.7 Å². The molecule has 0 fully saturated rings. The molecular weight excluding hydrogens is 296 g/mol. The van der Waals surface area contributed by atoms with Crippen LogP contribution in [-0.4, -0.2) is 38.8 Å². The smallest absolute Gasteiger partial charge is 0.269 e. The van der Waals surface area contributed by atoms with Gasteiger partial charge in [0.25, 0.3) is 5.69 Å². The molecular formula is C13H16N2O3S2. The summed E-state index contributed by atoms with van der Waals surface area (Å²) in [4.78, 5) is 24.0. The van der Waals surface area contributed by atoms with Crippen molar-refractivity contribution < 1.29 is 9.72 Å². The maximum absolute atomic E-state index is 12.0. The molecule has 0 saturated heterocycles. The molecule has 0 heterocycles. The minimum absolute atomic E-state index is 0.0205. The van der Waals surface area contributed by atoms with Crippen LogP contribution < -0.4 is 0 Å². The maximum Gasteiger partial charge on any atom is 0.269 e. The summed E-state index contributed by atoms with van der Waals surface area (Å²) in [6.45, 7) is 5.64. The Balaban J connectivity index is 2.59. The first-order chi connectivity index (χ1) is 9.49. The average molecular weight is 312 g/mol. The first-order valence-electron chi connectivity index (χ1n) is 6.18. The van der Waals surface area contributed by atoms with Gasteiger partial charge in [0, 0.05) is 30.8 Å². The van der Waals surface area contributed by atoms with E-state index in [2.05, 4.69) is 0 Å². The molecule has 0 atom stereocenters. The standard InChI is InChI=1S/C13H16N2O3S2/c1-3-14(4-2)13(19)20-9-12(16)10-5-7-11(8-6-10)15(17)18/h5-8H,3-4,9H2,1-2H3. The van der Waals surface area contributed by atoms with E-state index in [4.69, 9.17) is 12.2 Å². The number of ketones is 1. The fraction of sp³-hybridized carbons (Fsp3) is 0.385. The van der Waals surface area contributed by atoms with Crippen molar-refractivity contribution in [1.29, 1.82) is 0 Å². The van der Waals surface area contributed by atoms with Gasteiger partial charge in [0.2, 0.25) is 0 Å². The summed E-state index contributed by atoms with van der Waals surface area (Å²) in [5.74, 6) is 0.159. The molecule has 0 aliphatic rings. The Morgan fingerprint density at radius 2 is 1.85 bits per heavy atom. The molecule has 0 amide bonds. The highest BCUT2D eigenvalue weighted by Crippen LogP contribution is 2.15. The van der Waals surface area contributed by atoms with Crippen LogP contribution in [0, 0.1) is 10.1 Å². The number of Topliss-reactive ketones (excluding diaryl/α,β-unsaturated/α-hetero) is 1. The van der Waals surface area contributed by atoms with Gasteiger partial charge in [-0.25, -0.2) is 0 Å². The Kier molecular flexibility index (Phi) is 6.60. The van der Waals surface area contributed by atoms with Crippen molar-refractivity contribution in [2.24, 2.45) is 0 Å². The van der Waals surface area contributed by atoms with Crippen LogP contribution in [-0.2, 0) is 0 Å². The predicted molar refractivity (Wildman–Crippen MR) is 85.4 cm³/mol. The van der Waals surface area contributed by atoms with Crippen LogP contribution in [0.2, 0.25) is 0 Å². The van der Waals surface area contributed by atoms with Gasteiger partial charge in [0.05, 0.1) is 10.7 Å². The van der Waals surface area contributed by atoms with Gasteiger partial charge in [-0.3, -0.25) is 14.9 Å². The van der Waals surface area contributed by atoms with Crippen LogP contribution >= 0.6 is 24.0 Å². The van der Waals surface area contributed by atoms with E-state index in [-0.39, 0.29) is 17.2 Å². The normalized spacial score (nSPS) is 10.1. The van der Waals surface area contributed by atoms with E-state index in [1.165, 1.54) is 36.0 Å². The number of rotatable bonds is 6. The summed E-state index contributed by atoms with van der Waals surface area (Å²) in [5.41, 5.74) is 0.443. The summed E-state index contributed by atoms with van der Waals surface area (Å²) in [7, 11) is 0. The molecule has 108 valence electrons. The summed E-state index contributed by atoms with van der Waals surface area (Å²) >= 11 is 6.57. The summed E-state index contributed by atoms with van der Waals surface area (Å²) in [5, 5.41) is 10.5. The quantitative estimate of drug-likeness (QED) is 0.348. The lowest BCUT2D eigenvalue weighted by Crippen LogP contribution is -2.27. The number of nitrogens with zero attached hydrogens (tertiary/aromatic N) is 2. The second kappa shape index (κ2) is 7.96. The molecule has 0 bridgehead atoms. The number of thioether (sulfide) groups is 1. The summed E-state index contributed by atoms with van der Waals surface area (Å²) < 4.78 is 0.699. The maximum atomic E-state index is 12.0. The molecule has 0 N–H and O–H groups in total. The van der Waals surface area contributed by atoms with Gasteiger partial charge in [-0.05, 0) is 26.0 Å². The number of benzene rings is 1. The Labute approximate surface area is 127 Å². The van der Waals surface area contributed by atoms with Crippen molar-refractivity contribution in [1.82, 2.24) is 4.90 Å². The molecule has 0 spiro atoms. The molecule has 0 unspecified atom stereocenters. The van der Waals surface area contributed by atoms with E-state index in [9.17, 15) is 14.9 Å². The Morgan fingerprint density at radius 1 is 1.30 bits per heavy atom. The SMILES string of the molecule is CCN(CC)C(=S)SCC(=O)c1ccc([N+](=O)[O-])cc1. The van der Waals surface area contributed by atoms with Crippen LogP contribution in [0.1, 0.15) is 24.2 Å². The van der Waals surface area contributed by atoms with E-state index >= 15 is 0 Å². The van der Waals surface area contributed by atoms with Crippen LogP contribution in [0.25, 0.3) is 0 Å². The first kappa shape index (κ1) is 16.6. The zero-order valence-electron chi connectivity index (χ0n) is 11.4. The number of carbonyl (C=O) groups excluding carboxylic acids is 1. The van der Waals surface area contributed by atoms with E-state index in [0.717, 1.165) is 13.1 Å². The number of hydrogen-bond donors (Lipinski definition) is 0. The molecule has 0 aliphatic carbocycles. The molecule has 5 nitrogen and oxygen atoms in total. The van der Waals surface area contributed by atoms with Gasteiger partial charge in [-0.2, -0.15) is 0 Å². The van der Waals surface area contributed by atoms with Crippen molar-refractivity contribution >= 4 is 39.8 Å². The number of hydrogen-bond acceptors (Lipinski definition) is 5. The molecule has 1 aromatic carbocycles. The molecule has 0 aliphatic heterocycles. The molecule has 0 radical (unpaired) electrons. The van der Waals surface area contributed by atoms with Gasteiger partial charge in [-0.15, -0.1) is 0 Å². The predicted octanol–water partition coefficient (Wildman–Crippen LogP) is 3.14. The highest BCUT2D eigenvalue weighted by atomic mass is 32.2. The highest BCUT2D eigenvalue weighted by molar-refractivity contribution is 8.23. The molecule has 1 rings (SSSR count). The number of nitro benzene ring substituents is 1. The second-order valence-electron chi connectivity index (χ2n) is 3.95. The van der Waals surface area contributed by atoms with Crippen molar-refractivity contribution in [2.75, 3.05) is 18.8 Å². The fourth-order valence-electron chi connectivity index (χ4n) is 1.55. The van der Waals surface area contributed by atoms with Crippen LogP contribution in [0.3, 0.4) is 0 Å². The fourth-order valence-corrected chi connectivity index (χ4v) is 2.85. The van der Waals surface area contributed by atoms with E-state index < -0.39 is 4.92 Å². The number of thiocarbonyl (C=S) groups is 1. The van der Waals surface area contributed by atoms with E-state index in [1.54, 1.807) is 0 Å². The van der Waals surface area contributed by atoms with Gasteiger partial charge in [0.1, 0.15) is 4.32 Å². The van der Waals surface area contributed by atoms with Crippen molar-refractivity contribution in [2.45, 2.75) is 13.8 Å². The third-order valence-electron chi connectivity index (χ3n) is 2.75. The number of non-ortho nitro benzene ring substituents is 1. The summed E-state index contributed by atoms with van der Waals surface area (Å²) in [6.07, 6.45) is 0. The van der Waals surface area contributed by atoms with Gasteiger partial charge < -0.3 is 4.90 Å². The van der Waals surface area contributed by atoms with Crippen molar-refractivity contribution in [3.8, 4) is 0 Å². The highest BCUT2D eigenvalue weighted by Gasteiger charge is 2.12. The second-order valence-corrected chi connectivity index (χ2v) is 5.56. The average Bonchev–Trinajstić information content (AvgIpc) is 2.46. The lowest BCUT2D eigenvalue weighted by molar-refractivity contribution is -0.384. The van der Waals surface area contributed by atoms with E-state index in [0.29, 0.717) is 9.88 Å². The molecule has 7 heteroatoms. The Bertz CT molecular complexity index is 499. The largest absolute Gasteiger partial charge is 0.358 e. The topological polar surface area (TPSA) is 63.5 Å². The van der Waals surface area contributed by atoms with Crippen LogP contribution in [0.5, 0.6) is 0 Å². The van der Waals surface area contributed by atoms with Crippen LogP contribution in [0.15, 0.2) is 24.3 Å². The zero-order valence-corrected chi connectivity index (χ0v) is 13.0. The third-order valence-corrected chi connectivity index (χ3v) is 4.27. The monoisotopic (exact) mass is 312 g/mol. The minimum atomic E-state index is -0.488. The molecule has 0 aromatic heterocycles. The lowest BCUT2D eigenvalue weighted by atomic mass is 10.1. The minimum Gasteiger partial charge on any atom is -0.358 e. The zero-order chi connectivity index (χ0) is 15.1. The summed E-state index contributed by atoms with van der Waals surface area (Å²) in [6, 6.07) is 5.62. The Morgan fingerprint density at radius 3 is 2.30 bits per heavy atom. The molecule has 0 saturated carbocycles. The van der Waals surface area contributed by atoms with Gasteiger partial charge in [-0.1, -0.05) is 24.0 Å². The molecule has 20 heavy (non-hydrogen) atoms. The molecule has 1 aromatic rings. The van der Waals surface area contributed by atoms with Crippen LogP contribution in [0.4, 0.5) is 5.69 Å². The Hall–Kier alpha value is -1.47. The van der Waals surface area contributed by atoms with Crippen molar-refractivity contribution in [3.63, 3.8) is 0 Å². The third kappa shape index (κ3) is 4.57. The number of carbonyl (C=O) groups is 1. The van der Waals surface area contributed by atoms with Gasteiger partial charge in [0.15, 0.2) is 5.78 Å². The number of nitro groups is 1. The lowest BCUT2D eigenvalue weighted by Gasteiger charge is -2.20. The first-order valence-corrected chi connectivity index (χ1v) is 7.58. The van der Waals surface area contributed by atoms with Crippen molar-refractivity contribution in [3.05, 3.63) is 39.9 Å². The van der Waals surface area contributed by atoms with Gasteiger partial charge >= 0.3 is 0 Å².